The fourth-order valence-corrected chi connectivity index (χ4v) is 2.78. The maximum Gasteiger partial charge on any atom is 0.236 e. The molecule has 0 aliphatic carbocycles. The summed E-state index contributed by atoms with van der Waals surface area (Å²) in [4.78, 5) is 27.2. The summed E-state index contributed by atoms with van der Waals surface area (Å²) >= 11 is 0. The number of ether oxygens (including phenoxy) is 1. The molecule has 0 aromatic carbocycles. The first-order valence-electron chi connectivity index (χ1n) is 7.11. The van der Waals surface area contributed by atoms with E-state index in [0.29, 0.717) is 32.8 Å². The first-order valence-corrected chi connectivity index (χ1v) is 7.11. The molecule has 20 heavy (non-hydrogen) atoms. The Labute approximate surface area is 118 Å². The van der Waals surface area contributed by atoms with Crippen LogP contribution in [0.15, 0.2) is 0 Å². The quantitative estimate of drug-likeness (QED) is 0.649. The fraction of sp³-hybridized carbons (Fsp3) is 0.846. The van der Waals surface area contributed by atoms with Crippen LogP contribution in [0.1, 0.15) is 12.8 Å². The van der Waals surface area contributed by atoms with Gasteiger partial charge in [0.05, 0.1) is 38.3 Å². The largest absolute Gasteiger partial charge is 0.395 e. The summed E-state index contributed by atoms with van der Waals surface area (Å²) in [5.41, 5.74) is 5.32. The Balaban J connectivity index is 1.88. The molecule has 2 unspecified atom stereocenters. The molecule has 0 radical (unpaired) electrons. The van der Waals surface area contributed by atoms with E-state index in [-0.39, 0.29) is 36.9 Å². The van der Waals surface area contributed by atoms with Gasteiger partial charge in [0.1, 0.15) is 0 Å². The highest BCUT2D eigenvalue weighted by molar-refractivity contribution is 5.81. The summed E-state index contributed by atoms with van der Waals surface area (Å²) in [5, 5.41) is 9.29. The van der Waals surface area contributed by atoms with Crippen LogP contribution in [-0.2, 0) is 14.3 Å². The third kappa shape index (κ3) is 3.68. The Kier molecular flexibility index (Phi) is 5.33. The molecule has 2 fully saturated rings. The summed E-state index contributed by atoms with van der Waals surface area (Å²) in [6, 6.07) is -0.121. The molecule has 114 valence electrons. The highest BCUT2D eigenvalue weighted by atomic mass is 16.5. The van der Waals surface area contributed by atoms with Crippen molar-refractivity contribution in [2.45, 2.75) is 18.9 Å². The highest BCUT2D eigenvalue weighted by Gasteiger charge is 2.30. The Morgan fingerprint density at radius 2 is 2.15 bits per heavy atom. The fourth-order valence-electron chi connectivity index (χ4n) is 2.78. The van der Waals surface area contributed by atoms with Crippen LogP contribution in [0.2, 0.25) is 0 Å². The molecule has 2 rings (SSSR count). The first kappa shape index (κ1) is 15.2. The lowest BCUT2D eigenvalue weighted by atomic mass is 9.97. The van der Waals surface area contributed by atoms with Gasteiger partial charge in [-0.1, -0.05) is 0 Å². The van der Waals surface area contributed by atoms with Gasteiger partial charge in [-0.25, -0.2) is 0 Å². The lowest BCUT2D eigenvalue weighted by molar-refractivity contribution is -0.138. The molecule has 2 heterocycles. The van der Waals surface area contributed by atoms with E-state index in [2.05, 4.69) is 0 Å². The minimum Gasteiger partial charge on any atom is -0.395 e. The first-order chi connectivity index (χ1) is 9.61. The number of nitrogens with zero attached hydrogens (tertiary/aromatic N) is 2. The lowest BCUT2D eigenvalue weighted by Crippen LogP contribution is -2.53. The number of primary amides is 1. The van der Waals surface area contributed by atoms with Gasteiger partial charge in [0.15, 0.2) is 0 Å². The molecule has 2 aliphatic heterocycles. The SMILES string of the molecule is NC(=O)C1CCCN(C(=O)CN2CCOCC2CO)C1. The number of hydrogen-bond acceptors (Lipinski definition) is 5. The van der Waals surface area contributed by atoms with Crippen molar-refractivity contribution in [3.63, 3.8) is 0 Å². The number of amides is 2. The van der Waals surface area contributed by atoms with Gasteiger partial charge in [-0.3, -0.25) is 14.5 Å². The third-order valence-electron chi connectivity index (χ3n) is 4.08. The number of likely N-dealkylation sites (tertiary alicyclic amines) is 1. The minimum absolute atomic E-state index is 0.00343. The van der Waals surface area contributed by atoms with Gasteiger partial charge in [0, 0.05) is 19.6 Å². The van der Waals surface area contributed by atoms with Crippen LogP contribution < -0.4 is 5.73 Å². The van der Waals surface area contributed by atoms with E-state index in [0.717, 1.165) is 12.8 Å². The summed E-state index contributed by atoms with van der Waals surface area (Å²) in [6.45, 7) is 3.02. The monoisotopic (exact) mass is 285 g/mol. The number of aliphatic hydroxyl groups is 1. The molecule has 2 amide bonds. The van der Waals surface area contributed by atoms with Crippen molar-refractivity contribution in [1.82, 2.24) is 9.80 Å². The van der Waals surface area contributed by atoms with Gasteiger partial charge in [-0.2, -0.15) is 0 Å². The number of piperidine rings is 1. The Morgan fingerprint density at radius 3 is 2.85 bits per heavy atom. The molecule has 0 saturated carbocycles. The third-order valence-corrected chi connectivity index (χ3v) is 4.08. The van der Waals surface area contributed by atoms with Gasteiger partial charge in [0.25, 0.3) is 0 Å². The van der Waals surface area contributed by atoms with Crippen LogP contribution >= 0.6 is 0 Å². The van der Waals surface area contributed by atoms with Crippen LogP contribution in [-0.4, -0.2) is 78.8 Å². The lowest BCUT2D eigenvalue weighted by Gasteiger charge is -2.37. The number of carbonyl (C=O) groups is 2. The van der Waals surface area contributed by atoms with Crippen LogP contribution in [0.5, 0.6) is 0 Å². The van der Waals surface area contributed by atoms with Crippen LogP contribution in [0.4, 0.5) is 0 Å². The van der Waals surface area contributed by atoms with Crippen molar-refractivity contribution in [3.8, 4) is 0 Å². The van der Waals surface area contributed by atoms with E-state index in [1.807, 2.05) is 4.90 Å². The molecule has 0 aromatic rings. The van der Waals surface area contributed by atoms with Crippen molar-refractivity contribution in [3.05, 3.63) is 0 Å². The predicted molar refractivity (Wildman–Crippen MR) is 71.8 cm³/mol. The molecule has 7 nitrogen and oxygen atoms in total. The number of carbonyl (C=O) groups excluding carboxylic acids is 2. The number of hydrogen-bond donors (Lipinski definition) is 2. The van der Waals surface area contributed by atoms with Crippen molar-refractivity contribution >= 4 is 11.8 Å². The molecule has 2 saturated heterocycles. The zero-order valence-electron chi connectivity index (χ0n) is 11.7. The maximum atomic E-state index is 12.3. The smallest absolute Gasteiger partial charge is 0.236 e. The van der Waals surface area contributed by atoms with Crippen molar-refractivity contribution in [2.75, 3.05) is 46.0 Å². The molecule has 3 N–H and O–H groups in total. The summed E-state index contributed by atoms with van der Waals surface area (Å²) in [5.74, 6) is -0.565. The van der Waals surface area contributed by atoms with E-state index in [1.165, 1.54) is 0 Å². The average Bonchev–Trinajstić information content (AvgIpc) is 2.48. The molecule has 0 bridgehead atoms. The maximum absolute atomic E-state index is 12.3. The number of aliphatic hydroxyl groups excluding tert-OH is 1. The molecule has 2 aliphatic rings. The molecular formula is C13H23N3O4. The Hall–Kier alpha value is -1.18. The van der Waals surface area contributed by atoms with Gasteiger partial charge in [0.2, 0.25) is 11.8 Å². The predicted octanol–water partition coefficient (Wildman–Crippen LogP) is -1.60. The summed E-state index contributed by atoms with van der Waals surface area (Å²) < 4.78 is 5.29. The van der Waals surface area contributed by atoms with E-state index >= 15 is 0 Å². The zero-order valence-corrected chi connectivity index (χ0v) is 11.7. The molecule has 0 spiro atoms. The Bertz CT molecular complexity index is 364. The van der Waals surface area contributed by atoms with Crippen molar-refractivity contribution in [2.24, 2.45) is 11.7 Å². The number of rotatable bonds is 4. The van der Waals surface area contributed by atoms with Crippen LogP contribution in [0.3, 0.4) is 0 Å². The molecular weight excluding hydrogens is 262 g/mol. The average molecular weight is 285 g/mol. The molecule has 2 atom stereocenters. The second-order valence-corrected chi connectivity index (χ2v) is 5.46. The summed E-state index contributed by atoms with van der Waals surface area (Å²) in [7, 11) is 0. The van der Waals surface area contributed by atoms with Gasteiger partial charge >= 0.3 is 0 Å². The standard InChI is InChI=1S/C13H23N3O4/c14-13(19)10-2-1-3-16(6-10)12(18)7-15-4-5-20-9-11(15)8-17/h10-11,17H,1-9H2,(H2,14,19). The van der Waals surface area contributed by atoms with Crippen molar-refractivity contribution in [1.29, 1.82) is 0 Å². The van der Waals surface area contributed by atoms with Crippen LogP contribution in [0, 0.1) is 5.92 Å². The second-order valence-electron chi connectivity index (χ2n) is 5.46. The van der Waals surface area contributed by atoms with Gasteiger partial charge < -0.3 is 20.5 Å². The second kappa shape index (κ2) is 7.01. The molecule has 0 aromatic heterocycles. The summed E-state index contributed by atoms with van der Waals surface area (Å²) in [6.07, 6.45) is 1.57. The van der Waals surface area contributed by atoms with Crippen LogP contribution in [0.25, 0.3) is 0 Å². The Morgan fingerprint density at radius 1 is 1.35 bits per heavy atom. The van der Waals surface area contributed by atoms with E-state index in [9.17, 15) is 14.7 Å². The number of nitrogens with two attached hydrogens (primary N) is 1. The topological polar surface area (TPSA) is 96.1 Å². The number of morpholine rings is 1. The minimum atomic E-state index is -0.331. The van der Waals surface area contributed by atoms with E-state index in [1.54, 1.807) is 4.90 Å². The van der Waals surface area contributed by atoms with Gasteiger partial charge in [-0.05, 0) is 12.8 Å². The van der Waals surface area contributed by atoms with E-state index in [4.69, 9.17) is 10.5 Å². The van der Waals surface area contributed by atoms with Gasteiger partial charge in [-0.15, -0.1) is 0 Å². The highest BCUT2D eigenvalue weighted by Crippen LogP contribution is 2.17. The van der Waals surface area contributed by atoms with Crippen molar-refractivity contribution < 1.29 is 19.4 Å². The molecule has 7 heteroatoms. The van der Waals surface area contributed by atoms with E-state index < -0.39 is 0 Å². The normalized spacial score (nSPS) is 28.4. The zero-order chi connectivity index (χ0) is 14.5.